The summed E-state index contributed by atoms with van der Waals surface area (Å²) in [6, 6.07) is 9.82. The van der Waals surface area contributed by atoms with Crippen LogP contribution in [0, 0.1) is 5.92 Å². The summed E-state index contributed by atoms with van der Waals surface area (Å²) in [5.41, 5.74) is 7.21. The van der Waals surface area contributed by atoms with E-state index in [0.717, 1.165) is 12.1 Å². The lowest BCUT2D eigenvalue weighted by Gasteiger charge is -2.36. The summed E-state index contributed by atoms with van der Waals surface area (Å²) in [5.74, 6) is -1.00. The minimum atomic E-state index is -4.39. The third-order valence-corrected chi connectivity index (χ3v) is 4.45. The van der Waals surface area contributed by atoms with Gasteiger partial charge in [0.1, 0.15) is 0 Å². The maximum absolute atomic E-state index is 12.8. The van der Waals surface area contributed by atoms with E-state index in [-0.39, 0.29) is 11.5 Å². The van der Waals surface area contributed by atoms with Gasteiger partial charge in [0.2, 0.25) is 0 Å². The van der Waals surface area contributed by atoms with Crippen LogP contribution in [0.15, 0.2) is 42.5 Å². The van der Waals surface area contributed by atoms with Crippen LogP contribution in [0.3, 0.4) is 0 Å². The van der Waals surface area contributed by atoms with Crippen LogP contribution < -0.4 is 10.6 Å². The molecule has 1 unspecified atom stereocenters. The zero-order valence-corrected chi connectivity index (χ0v) is 13.3. The number of carboxylic acids is 1. The summed E-state index contributed by atoms with van der Waals surface area (Å²) in [5, 5.41) is 9.41. The molecule has 2 aromatic rings. The molecular formula is C18H17F3N2O2. The van der Waals surface area contributed by atoms with Crippen molar-refractivity contribution in [3.05, 3.63) is 59.2 Å². The normalized spacial score (nSPS) is 17.3. The number of anilines is 2. The summed E-state index contributed by atoms with van der Waals surface area (Å²) in [6.45, 7) is 0.891. The van der Waals surface area contributed by atoms with Crippen molar-refractivity contribution in [2.75, 3.05) is 18.0 Å². The second kappa shape index (κ2) is 6.40. The first-order valence-corrected chi connectivity index (χ1v) is 7.81. The van der Waals surface area contributed by atoms with Crippen LogP contribution >= 0.6 is 0 Å². The second-order valence-corrected chi connectivity index (χ2v) is 6.07. The molecule has 3 N–H and O–H groups in total. The van der Waals surface area contributed by atoms with Gasteiger partial charge in [-0.3, -0.25) is 0 Å². The number of rotatable bonds is 3. The van der Waals surface area contributed by atoms with Crippen molar-refractivity contribution < 1.29 is 23.1 Å². The Morgan fingerprint density at radius 2 is 1.88 bits per heavy atom. The second-order valence-electron chi connectivity index (χ2n) is 6.07. The molecule has 0 aromatic heterocycles. The SMILES string of the molecule is NCC1Cc2c(C(=O)O)cccc2N(c2ccc(C(F)(F)F)cc2)C1. The van der Waals surface area contributed by atoms with Crippen LogP contribution in [0.25, 0.3) is 0 Å². The highest BCUT2D eigenvalue weighted by atomic mass is 19.4. The first-order valence-electron chi connectivity index (χ1n) is 7.81. The average molecular weight is 350 g/mol. The number of benzene rings is 2. The van der Waals surface area contributed by atoms with Gasteiger partial charge in [-0.25, -0.2) is 4.79 Å². The van der Waals surface area contributed by atoms with Crippen molar-refractivity contribution >= 4 is 17.3 Å². The van der Waals surface area contributed by atoms with Gasteiger partial charge in [-0.1, -0.05) is 6.07 Å². The first kappa shape index (κ1) is 17.3. The number of carboxylic acid groups (broad SMARTS) is 1. The molecule has 1 aliphatic heterocycles. The zero-order chi connectivity index (χ0) is 18.2. The fourth-order valence-corrected chi connectivity index (χ4v) is 3.18. The first-order chi connectivity index (χ1) is 11.8. The molecule has 0 aliphatic carbocycles. The topological polar surface area (TPSA) is 66.6 Å². The van der Waals surface area contributed by atoms with Crippen LogP contribution in [0.2, 0.25) is 0 Å². The molecule has 2 aromatic carbocycles. The summed E-state index contributed by atoms with van der Waals surface area (Å²) in [4.78, 5) is 13.3. The lowest BCUT2D eigenvalue weighted by molar-refractivity contribution is -0.137. The van der Waals surface area contributed by atoms with E-state index in [4.69, 9.17) is 5.73 Å². The van der Waals surface area contributed by atoms with Crippen molar-refractivity contribution in [3.8, 4) is 0 Å². The van der Waals surface area contributed by atoms with Gasteiger partial charge in [-0.15, -0.1) is 0 Å². The molecule has 1 heterocycles. The number of fused-ring (bicyclic) bond motifs is 1. The predicted octanol–water partition coefficient (Wildman–Crippen LogP) is 3.67. The van der Waals surface area contributed by atoms with Gasteiger partial charge in [-0.05, 0) is 60.8 Å². The molecule has 3 rings (SSSR count). The van der Waals surface area contributed by atoms with Gasteiger partial charge >= 0.3 is 12.1 Å². The average Bonchev–Trinajstić information content (AvgIpc) is 2.59. The molecule has 0 amide bonds. The highest BCUT2D eigenvalue weighted by Gasteiger charge is 2.31. The van der Waals surface area contributed by atoms with Gasteiger partial charge < -0.3 is 15.7 Å². The van der Waals surface area contributed by atoms with E-state index in [1.165, 1.54) is 18.2 Å². The number of hydrogen-bond donors (Lipinski definition) is 2. The minimum Gasteiger partial charge on any atom is -0.478 e. The summed E-state index contributed by atoms with van der Waals surface area (Å²) in [7, 11) is 0. The quantitative estimate of drug-likeness (QED) is 0.886. The Hall–Kier alpha value is -2.54. The Bertz CT molecular complexity index is 788. The number of hydrogen-bond acceptors (Lipinski definition) is 3. The third kappa shape index (κ3) is 3.32. The van der Waals surface area contributed by atoms with Crippen molar-refractivity contribution in [2.24, 2.45) is 11.7 Å². The number of nitrogens with two attached hydrogens (primary N) is 1. The molecule has 0 saturated heterocycles. The molecule has 25 heavy (non-hydrogen) atoms. The maximum atomic E-state index is 12.8. The zero-order valence-electron chi connectivity index (χ0n) is 13.3. The Kier molecular flexibility index (Phi) is 4.43. The van der Waals surface area contributed by atoms with Crippen molar-refractivity contribution in [2.45, 2.75) is 12.6 Å². The standard InChI is InChI=1S/C18H17F3N2O2/c19-18(20,21)12-4-6-13(7-5-12)23-10-11(9-22)8-15-14(17(24)25)2-1-3-16(15)23/h1-7,11H,8-10,22H2,(H,24,25). The van der Waals surface area contributed by atoms with Crippen molar-refractivity contribution in [1.82, 2.24) is 0 Å². The molecule has 0 radical (unpaired) electrons. The molecule has 0 spiro atoms. The summed E-state index contributed by atoms with van der Waals surface area (Å²) in [6.07, 6.45) is -3.86. The van der Waals surface area contributed by atoms with Crippen LogP contribution in [0.4, 0.5) is 24.5 Å². The number of nitrogens with zero attached hydrogens (tertiary/aromatic N) is 1. The third-order valence-electron chi connectivity index (χ3n) is 4.45. The smallest absolute Gasteiger partial charge is 0.416 e. The molecule has 7 heteroatoms. The highest BCUT2D eigenvalue weighted by molar-refractivity contribution is 5.92. The van der Waals surface area contributed by atoms with Crippen molar-refractivity contribution in [1.29, 1.82) is 0 Å². The lowest BCUT2D eigenvalue weighted by Crippen LogP contribution is -2.36. The molecule has 0 bridgehead atoms. The fraction of sp³-hybridized carbons (Fsp3) is 0.278. The Morgan fingerprint density at radius 3 is 2.44 bits per heavy atom. The Balaban J connectivity index is 2.05. The molecular weight excluding hydrogens is 333 g/mol. The largest absolute Gasteiger partial charge is 0.478 e. The van der Waals surface area contributed by atoms with Crippen LogP contribution in [0.1, 0.15) is 21.5 Å². The van der Waals surface area contributed by atoms with E-state index in [1.54, 1.807) is 12.1 Å². The summed E-state index contributed by atoms with van der Waals surface area (Å²) >= 11 is 0. The number of aromatic carboxylic acids is 1. The number of carbonyl (C=O) groups is 1. The van der Waals surface area contributed by atoms with E-state index in [2.05, 4.69) is 0 Å². The van der Waals surface area contributed by atoms with Crippen LogP contribution in [0.5, 0.6) is 0 Å². The highest BCUT2D eigenvalue weighted by Crippen LogP contribution is 2.38. The van der Waals surface area contributed by atoms with E-state index in [9.17, 15) is 23.1 Å². The van der Waals surface area contributed by atoms with Gasteiger partial charge in [0, 0.05) is 17.9 Å². The van der Waals surface area contributed by atoms with Gasteiger partial charge in [0.05, 0.1) is 11.1 Å². The van der Waals surface area contributed by atoms with Crippen LogP contribution in [-0.4, -0.2) is 24.2 Å². The van der Waals surface area contributed by atoms with Crippen molar-refractivity contribution in [3.63, 3.8) is 0 Å². The molecule has 0 saturated carbocycles. The molecule has 1 aliphatic rings. The van der Waals surface area contributed by atoms with E-state index in [1.807, 2.05) is 4.90 Å². The molecule has 132 valence electrons. The molecule has 1 atom stereocenters. The van der Waals surface area contributed by atoms with Crippen LogP contribution in [-0.2, 0) is 12.6 Å². The summed E-state index contributed by atoms with van der Waals surface area (Å²) < 4.78 is 38.3. The van der Waals surface area contributed by atoms with E-state index >= 15 is 0 Å². The fourth-order valence-electron chi connectivity index (χ4n) is 3.18. The Labute approximate surface area is 142 Å². The van der Waals surface area contributed by atoms with Gasteiger partial charge in [0.25, 0.3) is 0 Å². The van der Waals surface area contributed by atoms with E-state index < -0.39 is 17.7 Å². The number of halogens is 3. The monoisotopic (exact) mass is 350 g/mol. The predicted molar refractivity (Wildman–Crippen MR) is 88.1 cm³/mol. The van der Waals surface area contributed by atoms with E-state index in [0.29, 0.717) is 36.4 Å². The Morgan fingerprint density at radius 1 is 1.20 bits per heavy atom. The van der Waals surface area contributed by atoms with Gasteiger partial charge in [0.15, 0.2) is 0 Å². The lowest BCUT2D eigenvalue weighted by atomic mass is 9.89. The number of alkyl halides is 3. The minimum absolute atomic E-state index is 0.0234. The maximum Gasteiger partial charge on any atom is 0.416 e. The molecule has 0 fully saturated rings. The molecule has 4 nitrogen and oxygen atoms in total. The van der Waals surface area contributed by atoms with Gasteiger partial charge in [-0.2, -0.15) is 13.2 Å².